The van der Waals surface area contributed by atoms with E-state index in [9.17, 15) is 13.9 Å². The first kappa shape index (κ1) is 31.3. The molecule has 2 unspecified atom stereocenters. The molecule has 0 amide bonds. The predicted octanol–water partition coefficient (Wildman–Crippen LogP) is 6.13. The van der Waals surface area contributed by atoms with Crippen LogP contribution in [0, 0.1) is 5.82 Å². The normalized spacial score (nSPS) is 13.7. The number of ether oxygens (including phenoxy) is 4. The number of fused-ring (bicyclic) bond motifs is 1. The van der Waals surface area contributed by atoms with Crippen LogP contribution in [0.15, 0.2) is 59.1 Å². The molecule has 0 saturated carbocycles. The van der Waals surface area contributed by atoms with Crippen LogP contribution in [0.2, 0.25) is 0 Å². The molecule has 0 aliphatic heterocycles. The average Bonchev–Trinajstić information content (AvgIpc) is 2.96. The van der Waals surface area contributed by atoms with Crippen LogP contribution in [-0.4, -0.2) is 68.6 Å². The van der Waals surface area contributed by atoms with Crippen LogP contribution in [0.25, 0.3) is 10.9 Å². The molecule has 1 N–H and O–H groups in total. The Hall–Kier alpha value is -3.61. The van der Waals surface area contributed by atoms with Crippen LogP contribution in [0.5, 0.6) is 23.4 Å². The number of pyridine rings is 2. The minimum Gasteiger partial charge on any atom is -0.494 e. The Morgan fingerprint density at radius 2 is 1.67 bits per heavy atom. The number of benzene rings is 2. The quantitative estimate of drug-likeness (QED) is 0.196. The third-order valence-electron chi connectivity index (χ3n) is 6.91. The van der Waals surface area contributed by atoms with Crippen LogP contribution in [0.3, 0.4) is 0 Å². The van der Waals surface area contributed by atoms with E-state index in [2.05, 4.69) is 30.6 Å². The molecule has 2 aromatic carbocycles. The highest BCUT2D eigenvalue weighted by atomic mass is 79.9. The van der Waals surface area contributed by atoms with Gasteiger partial charge in [-0.3, -0.25) is 0 Å². The van der Waals surface area contributed by atoms with E-state index >= 15 is 4.39 Å². The molecule has 8 nitrogen and oxygen atoms in total. The van der Waals surface area contributed by atoms with Crippen molar-refractivity contribution in [2.45, 2.75) is 24.6 Å². The van der Waals surface area contributed by atoms with Crippen LogP contribution >= 0.6 is 15.9 Å². The molecule has 4 aromatic rings. The van der Waals surface area contributed by atoms with Gasteiger partial charge in [-0.2, -0.15) is 13.8 Å². The molecule has 0 aliphatic rings. The lowest BCUT2D eigenvalue weighted by atomic mass is 9.71. The standard InChI is InChI=1S/C30H31BrF3N3O5/c1-37(2)12-11-30(38,18-15-24(40-4)36-25(16-18)42-29(33)34)26(20-7-6-8-23(39-3)27(20)32)21-14-17-13-19(31)9-10-22(17)35-28(21)41-5/h6-10,13-16,26,29,38H,11-12H2,1-5H3. The van der Waals surface area contributed by atoms with Gasteiger partial charge in [0, 0.05) is 39.7 Å². The second-order valence-electron chi connectivity index (χ2n) is 9.81. The zero-order valence-electron chi connectivity index (χ0n) is 23.7. The minimum atomic E-state index is -3.18. The molecule has 0 radical (unpaired) electrons. The van der Waals surface area contributed by atoms with Crippen molar-refractivity contribution in [1.82, 2.24) is 14.9 Å². The number of nitrogens with zero attached hydrogens (tertiary/aromatic N) is 3. The largest absolute Gasteiger partial charge is 0.494 e. The molecule has 12 heteroatoms. The fourth-order valence-electron chi connectivity index (χ4n) is 4.94. The smallest absolute Gasteiger partial charge is 0.388 e. The summed E-state index contributed by atoms with van der Waals surface area (Å²) >= 11 is 3.48. The summed E-state index contributed by atoms with van der Waals surface area (Å²) in [6.07, 6.45) is 0.0161. The number of hydrogen-bond donors (Lipinski definition) is 1. The van der Waals surface area contributed by atoms with Gasteiger partial charge in [0.2, 0.25) is 17.6 Å². The third kappa shape index (κ3) is 6.55. The summed E-state index contributed by atoms with van der Waals surface area (Å²) in [4.78, 5) is 10.5. The van der Waals surface area contributed by atoms with E-state index in [0.717, 1.165) is 4.47 Å². The minimum absolute atomic E-state index is 0.0161. The van der Waals surface area contributed by atoms with Gasteiger partial charge in [-0.25, -0.2) is 9.37 Å². The van der Waals surface area contributed by atoms with Crippen molar-refractivity contribution in [1.29, 1.82) is 0 Å². The van der Waals surface area contributed by atoms with Crippen molar-refractivity contribution in [2.24, 2.45) is 0 Å². The van der Waals surface area contributed by atoms with Crippen molar-refractivity contribution in [3.63, 3.8) is 0 Å². The highest BCUT2D eigenvalue weighted by Gasteiger charge is 2.44. The lowest BCUT2D eigenvalue weighted by molar-refractivity contribution is -0.0538. The number of aromatic nitrogens is 2. The van der Waals surface area contributed by atoms with Crippen molar-refractivity contribution in [3.8, 4) is 23.4 Å². The van der Waals surface area contributed by atoms with Crippen molar-refractivity contribution < 1.29 is 37.2 Å². The Morgan fingerprint density at radius 3 is 2.31 bits per heavy atom. The number of halogens is 4. The summed E-state index contributed by atoms with van der Waals surface area (Å²) in [6.45, 7) is -2.86. The molecular formula is C30H31BrF3N3O5. The third-order valence-corrected chi connectivity index (χ3v) is 7.41. The summed E-state index contributed by atoms with van der Waals surface area (Å²) in [5.41, 5.74) is -0.835. The van der Waals surface area contributed by atoms with E-state index in [-0.39, 0.29) is 35.1 Å². The Labute approximate surface area is 250 Å². The van der Waals surface area contributed by atoms with E-state index in [1.165, 1.54) is 45.6 Å². The first-order valence-electron chi connectivity index (χ1n) is 12.9. The van der Waals surface area contributed by atoms with Crippen LogP contribution in [-0.2, 0) is 5.60 Å². The van der Waals surface area contributed by atoms with Gasteiger partial charge in [-0.15, -0.1) is 0 Å². The zero-order valence-corrected chi connectivity index (χ0v) is 25.3. The highest BCUT2D eigenvalue weighted by molar-refractivity contribution is 9.10. The van der Waals surface area contributed by atoms with Crippen molar-refractivity contribution >= 4 is 26.8 Å². The number of methoxy groups -OCH3 is 3. The second-order valence-corrected chi connectivity index (χ2v) is 10.7. The summed E-state index contributed by atoms with van der Waals surface area (Å²) in [6, 6.07) is 14.4. The Morgan fingerprint density at radius 1 is 0.929 bits per heavy atom. The van der Waals surface area contributed by atoms with Crippen LogP contribution < -0.4 is 18.9 Å². The van der Waals surface area contributed by atoms with Gasteiger partial charge in [-0.1, -0.05) is 28.1 Å². The zero-order chi connectivity index (χ0) is 30.6. The Bertz CT molecular complexity index is 1560. The van der Waals surface area contributed by atoms with Gasteiger partial charge >= 0.3 is 6.61 Å². The SMILES string of the molecule is COc1cc(C(O)(CCN(C)C)C(c2cc3cc(Br)ccc3nc2OC)c2cccc(OC)c2F)cc(OC(F)F)n1. The topological polar surface area (TPSA) is 86.2 Å². The summed E-state index contributed by atoms with van der Waals surface area (Å²) in [7, 11) is 7.71. The predicted molar refractivity (Wildman–Crippen MR) is 155 cm³/mol. The van der Waals surface area contributed by atoms with E-state index in [1.54, 1.807) is 18.2 Å². The number of hydrogen-bond acceptors (Lipinski definition) is 8. The molecule has 2 heterocycles. The fraction of sp³-hybridized carbons (Fsp3) is 0.333. The molecule has 0 bridgehead atoms. The van der Waals surface area contributed by atoms with Gasteiger partial charge in [0.1, 0.15) is 5.60 Å². The van der Waals surface area contributed by atoms with Crippen molar-refractivity contribution in [3.05, 3.63) is 81.6 Å². The lowest BCUT2D eigenvalue weighted by Crippen LogP contribution is -2.38. The number of rotatable bonds is 12. The second kappa shape index (κ2) is 13.1. The molecule has 0 spiro atoms. The van der Waals surface area contributed by atoms with Gasteiger partial charge in [0.05, 0.1) is 32.8 Å². The maximum atomic E-state index is 16.2. The van der Waals surface area contributed by atoms with Gasteiger partial charge < -0.3 is 29.0 Å². The van der Waals surface area contributed by atoms with Crippen LogP contribution in [0.4, 0.5) is 13.2 Å². The van der Waals surface area contributed by atoms with E-state index in [1.807, 2.05) is 31.1 Å². The molecule has 42 heavy (non-hydrogen) atoms. The van der Waals surface area contributed by atoms with Crippen LogP contribution in [0.1, 0.15) is 29.0 Å². The molecule has 0 fully saturated rings. The number of alkyl halides is 2. The Kier molecular flexibility index (Phi) is 9.80. The Balaban J connectivity index is 2.11. The highest BCUT2D eigenvalue weighted by Crippen LogP contribution is 2.49. The molecule has 4 rings (SSSR count). The maximum Gasteiger partial charge on any atom is 0.388 e. The van der Waals surface area contributed by atoms with E-state index in [0.29, 0.717) is 23.0 Å². The number of aliphatic hydroxyl groups is 1. The summed E-state index contributed by atoms with van der Waals surface area (Å²) in [5, 5.41) is 13.6. The van der Waals surface area contributed by atoms with Gasteiger partial charge in [0.25, 0.3) is 0 Å². The average molecular weight is 650 g/mol. The molecular weight excluding hydrogens is 619 g/mol. The summed E-state index contributed by atoms with van der Waals surface area (Å²) < 4.78 is 64.4. The first-order valence-corrected chi connectivity index (χ1v) is 13.6. The maximum absolute atomic E-state index is 16.2. The molecule has 224 valence electrons. The first-order chi connectivity index (χ1) is 20.0. The molecule has 2 atom stereocenters. The molecule has 2 aromatic heterocycles. The molecule has 0 aliphatic carbocycles. The lowest BCUT2D eigenvalue weighted by Gasteiger charge is -2.39. The summed E-state index contributed by atoms with van der Waals surface area (Å²) in [5.74, 6) is -2.36. The monoisotopic (exact) mass is 649 g/mol. The van der Waals surface area contributed by atoms with Gasteiger partial charge in [0.15, 0.2) is 11.6 Å². The van der Waals surface area contributed by atoms with Gasteiger partial charge in [-0.05, 0) is 56.4 Å². The van der Waals surface area contributed by atoms with E-state index < -0.39 is 29.8 Å². The fourth-order valence-corrected chi connectivity index (χ4v) is 5.32. The molecule has 0 saturated heterocycles. The van der Waals surface area contributed by atoms with E-state index in [4.69, 9.17) is 14.2 Å². The van der Waals surface area contributed by atoms with Crippen molar-refractivity contribution in [2.75, 3.05) is 42.0 Å².